The summed E-state index contributed by atoms with van der Waals surface area (Å²) in [5, 5.41) is 4.73. The molecule has 6 nitrogen and oxygen atoms in total. The zero-order valence-corrected chi connectivity index (χ0v) is 19.0. The first-order chi connectivity index (χ1) is 14.5. The van der Waals surface area contributed by atoms with E-state index in [2.05, 4.69) is 62.4 Å². The molecule has 3 amide bonds. The lowest BCUT2D eigenvalue weighted by Gasteiger charge is -2.42. The van der Waals surface area contributed by atoms with Crippen molar-refractivity contribution in [1.29, 1.82) is 0 Å². The van der Waals surface area contributed by atoms with E-state index in [1.165, 1.54) is 11.1 Å². The van der Waals surface area contributed by atoms with Crippen LogP contribution < -0.4 is 15.4 Å². The van der Waals surface area contributed by atoms with Crippen LogP contribution in [0.1, 0.15) is 62.8 Å². The van der Waals surface area contributed by atoms with Crippen molar-refractivity contribution in [2.75, 3.05) is 7.11 Å². The van der Waals surface area contributed by atoms with Crippen LogP contribution >= 0.6 is 0 Å². The lowest BCUT2D eigenvalue weighted by atomic mass is 9.62. The zero-order valence-electron chi connectivity index (χ0n) is 19.0. The SMILES string of the molecule is COc1ncc(C=C2NC(=O)NC2=O)cc1-c1cc2c(cc1C)C(C)(C)CCC2(C)C. The van der Waals surface area contributed by atoms with Gasteiger partial charge in [0.15, 0.2) is 0 Å². The van der Waals surface area contributed by atoms with E-state index >= 15 is 0 Å². The Balaban J connectivity index is 1.87. The second kappa shape index (κ2) is 7.22. The van der Waals surface area contributed by atoms with E-state index in [9.17, 15) is 9.59 Å². The third kappa shape index (κ3) is 3.71. The Morgan fingerprint density at radius 2 is 1.61 bits per heavy atom. The molecule has 2 N–H and O–H groups in total. The molecule has 1 aliphatic carbocycles. The molecule has 2 aliphatic rings. The highest BCUT2D eigenvalue weighted by atomic mass is 16.5. The summed E-state index contributed by atoms with van der Waals surface area (Å²) in [6.07, 6.45) is 5.55. The molecule has 1 aromatic carbocycles. The standard InChI is InChI=1S/C25H29N3O3/c1-14-9-18-19(25(4,5)8-7-24(18,2)3)12-16(14)17-10-15(13-26-22(17)31-6)11-20-21(29)28-23(30)27-20/h9-13H,7-8H2,1-6H3,(H2,27,28,29,30). The Bertz CT molecular complexity index is 1130. The molecule has 0 unspecified atom stereocenters. The van der Waals surface area contributed by atoms with Gasteiger partial charge in [-0.3, -0.25) is 10.1 Å². The molecule has 0 bridgehead atoms. The van der Waals surface area contributed by atoms with Crippen molar-refractivity contribution in [2.45, 2.75) is 58.3 Å². The molecule has 2 heterocycles. The van der Waals surface area contributed by atoms with Gasteiger partial charge in [-0.15, -0.1) is 0 Å². The number of rotatable bonds is 3. The highest BCUT2D eigenvalue weighted by Crippen LogP contribution is 2.48. The third-order valence-electron chi connectivity index (χ3n) is 6.58. The van der Waals surface area contributed by atoms with E-state index in [0.717, 1.165) is 29.5 Å². The van der Waals surface area contributed by atoms with Crippen molar-refractivity contribution in [3.05, 3.63) is 52.3 Å². The Hall–Kier alpha value is -3.15. The third-order valence-corrected chi connectivity index (χ3v) is 6.58. The summed E-state index contributed by atoms with van der Waals surface area (Å²) >= 11 is 0. The van der Waals surface area contributed by atoms with E-state index in [0.29, 0.717) is 11.4 Å². The van der Waals surface area contributed by atoms with Crippen LogP contribution in [0.4, 0.5) is 4.79 Å². The zero-order chi connectivity index (χ0) is 22.6. The van der Waals surface area contributed by atoms with Crippen LogP contribution in [0, 0.1) is 6.92 Å². The number of methoxy groups -OCH3 is 1. The van der Waals surface area contributed by atoms with Crippen molar-refractivity contribution >= 4 is 18.0 Å². The van der Waals surface area contributed by atoms with Crippen LogP contribution in [-0.2, 0) is 15.6 Å². The van der Waals surface area contributed by atoms with E-state index in [1.54, 1.807) is 19.4 Å². The predicted molar refractivity (Wildman–Crippen MR) is 121 cm³/mol. The number of amides is 3. The van der Waals surface area contributed by atoms with Crippen LogP contribution in [0.15, 0.2) is 30.1 Å². The number of benzene rings is 1. The minimum absolute atomic E-state index is 0.0831. The van der Waals surface area contributed by atoms with Crippen LogP contribution in [0.25, 0.3) is 17.2 Å². The molecule has 1 fully saturated rings. The maximum Gasteiger partial charge on any atom is 0.326 e. The molecular weight excluding hydrogens is 390 g/mol. The normalized spacial score (nSPS) is 20.3. The van der Waals surface area contributed by atoms with Crippen molar-refractivity contribution in [3.63, 3.8) is 0 Å². The summed E-state index contributed by atoms with van der Waals surface area (Å²) in [6.45, 7) is 11.4. The first kappa shape index (κ1) is 21.1. The number of hydrogen-bond donors (Lipinski definition) is 2. The molecular formula is C25H29N3O3. The summed E-state index contributed by atoms with van der Waals surface area (Å²) in [7, 11) is 1.61. The van der Waals surface area contributed by atoms with Gasteiger partial charge < -0.3 is 10.1 Å². The molecule has 6 heteroatoms. The van der Waals surface area contributed by atoms with Crippen LogP contribution in [0.2, 0.25) is 0 Å². The number of pyridine rings is 1. The molecule has 0 saturated carbocycles. The van der Waals surface area contributed by atoms with Gasteiger partial charge in [-0.25, -0.2) is 9.78 Å². The molecule has 0 spiro atoms. The second-order valence-electron chi connectivity index (χ2n) is 9.77. The average molecular weight is 420 g/mol. The highest BCUT2D eigenvalue weighted by Gasteiger charge is 2.37. The summed E-state index contributed by atoms with van der Waals surface area (Å²) in [4.78, 5) is 27.8. The van der Waals surface area contributed by atoms with Gasteiger partial charge in [-0.05, 0) is 76.6 Å². The molecule has 2 aromatic rings. The monoisotopic (exact) mass is 419 g/mol. The van der Waals surface area contributed by atoms with E-state index in [-0.39, 0.29) is 16.5 Å². The summed E-state index contributed by atoms with van der Waals surface area (Å²) in [5.41, 5.74) is 6.97. The maximum absolute atomic E-state index is 11.9. The van der Waals surface area contributed by atoms with Crippen molar-refractivity contribution in [3.8, 4) is 17.0 Å². The van der Waals surface area contributed by atoms with Crippen molar-refractivity contribution in [1.82, 2.24) is 15.6 Å². The molecule has 1 saturated heterocycles. The lowest BCUT2D eigenvalue weighted by molar-refractivity contribution is -0.115. The van der Waals surface area contributed by atoms with Crippen molar-refractivity contribution in [2.24, 2.45) is 0 Å². The lowest BCUT2D eigenvalue weighted by Crippen LogP contribution is -2.34. The summed E-state index contributed by atoms with van der Waals surface area (Å²) < 4.78 is 5.57. The van der Waals surface area contributed by atoms with Gasteiger partial charge >= 0.3 is 6.03 Å². The maximum atomic E-state index is 11.9. The number of carbonyl (C=O) groups is 2. The number of fused-ring (bicyclic) bond motifs is 1. The second-order valence-corrected chi connectivity index (χ2v) is 9.77. The molecule has 162 valence electrons. The fourth-order valence-corrected chi connectivity index (χ4v) is 4.56. The number of nitrogens with one attached hydrogen (secondary N) is 2. The largest absolute Gasteiger partial charge is 0.481 e. The van der Waals surface area contributed by atoms with Gasteiger partial charge in [0, 0.05) is 11.8 Å². The average Bonchev–Trinajstić information content (AvgIpc) is 3.02. The molecule has 0 atom stereocenters. The Morgan fingerprint density at radius 3 is 2.19 bits per heavy atom. The van der Waals surface area contributed by atoms with Gasteiger partial charge in [0.25, 0.3) is 5.91 Å². The molecule has 0 radical (unpaired) electrons. The number of carbonyl (C=O) groups excluding carboxylic acids is 2. The van der Waals surface area contributed by atoms with Gasteiger partial charge in [-0.1, -0.05) is 33.8 Å². The quantitative estimate of drug-likeness (QED) is 0.563. The van der Waals surface area contributed by atoms with Crippen LogP contribution in [0.3, 0.4) is 0 Å². The highest BCUT2D eigenvalue weighted by molar-refractivity contribution is 6.14. The fourth-order valence-electron chi connectivity index (χ4n) is 4.56. The molecule has 31 heavy (non-hydrogen) atoms. The Morgan fingerprint density at radius 1 is 0.968 bits per heavy atom. The number of nitrogens with zero attached hydrogens (tertiary/aromatic N) is 1. The molecule has 1 aromatic heterocycles. The first-order valence-electron chi connectivity index (χ1n) is 10.6. The number of hydrogen-bond acceptors (Lipinski definition) is 4. The predicted octanol–water partition coefficient (Wildman–Crippen LogP) is 4.59. The van der Waals surface area contributed by atoms with Crippen molar-refractivity contribution < 1.29 is 14.3 Å². The number of urea groups is 1. The minimum atomic E-state index is -0.520. The number of aryl methyl sites for hydroxylation is 1. The van der Waals surface area contributed by atoms with Gasteiger partial charge in [0.1, 0.15) is 5.70 Å². The van der Waals surface area contributed by atoms with Crippen LogP contribution in [0.5, 0.6) is 5.88 Å². The van der Waals surface area contributed by atoms with Gasteiger partial charge in [-0.2, -0.15) is 0 Å². The summed E-state index contributed by atoms with van der Waals surface area (Å²) in [6, 6.07) is 6.02. The van der Waals surface area contributed by atoms with Gasteiger partial charge in [0.2, 0.25) is 5.88 Å². The molecule has 4 rings (SSSR count). The minimum Gasteiger partial charge on any atom is -0.481 e. The van der Waals surface area contributed by atoms with Crippen LogP contribution in [-0.4, -0.2) is 24.0 Å². The molecule has 1 aliphatic heterocycles. The first-order valence-corrected chi connectivity index (χ1v) is 10.6. The number of aromatic nitrogens is 1. The fraction of sp³-hybridized carbons (Fsp3) is 0.400. The topological polar surface area (TPSA) is 80.3 Å². The Kier molecular flexibility index (Phi) is 4.91. The smallest absolute Gasteiger partial charge is 0.326 e. The Labute approximate surface area is 183 Å². The van der Waals surface area contributed by atoms with Gasteiger partial charge in [0.05, 0.1) is 7.11 Å². The number of imide groups is 1. The van der Waals surface area contributed by atoms with E-state index in [4.69, 9.17) is 4.74 Å². The number of ether oxygens (including phenoxy) is 1. The van der Waals surface area contributed by atoms with E-state index in [1.807, 2.05) is 6.07 Å². The van der Waals surface area contributed by atoms with E-state index < -0.39 is 11.9 Å². The summed E-state index contributed by atoms with van der Waals surface area (Å²) in [5.74, 6) is 0.0781.